The summed E-state index contributed by atoms with van der Waals surface area (Å²) in [4.78, 5) is 23.9. The molecule has 0 unspecified atom stereocenters. The molecule has 6 heteroatoms. The molecule has 0 aliphatic carbocycles. The number of carbonyl (C=O) groups excluding carboxylic acids is 1. The molecule has 0 aromatic rings. The van der Waals surface area contributed by atoms with E-state index in [1.165, 1.54) is 7.85 Å². The maximum absolute atomic E-state index is 10.00. The number of aliphatic carboxylic acids is 1. The number of rotatable bonds is 3. The fourth-order valence-corrected chi connectivity index (χ4v) is 0.199. The van der Waals surface area contributed by atoms with Crippen LogP contribution in [0.5, 0.6) is 0 Å². The van der Waals surface area contributed by atoms with Crippen molar-refractivity contribution in [3.63, 3.8) is 0 Å². The Morgan fingerprint density at radius 1 is 1.67 bits per heavy atom. The summed E-state index contributed by atoms with van der Waals surface area (Å²) in [6.45, 7) is -0.514. The summed E-state index contributed by atoms with van der Waals surface area (Å²) in [5.41, 5.74) is 1.86. The van der Waals surface area contributed by atoms with Crippen molar-refractivity contribution in [3.05, 3.63) is 0 Å². The van der Waals surface area contributed by atoms with Crippen molar-refractivity contribution in [1.82, 2.24) is 5.48 Å². The highest BCUT2D eigenvalue weighted by Crippen LogP contribution is 1.66. The highest BCUT2D eigenvalue weighted by atomic mass is 16.7. The van der Waals surface area contributed by atoms with Crippen LogP contribution in [-0.2, 0) is 9.63 Å². The predicted octanol–water partition coefficient (Wildman–Crippen LogP) is -1.65. The lowest BCUT2D eigenvalue weighted by Gasteiger charge is -1.97. The highest BCUT2D eigenvalue weighted by Gasteiger charge is 1.95. The molecule has 0 heterocycles. The molecule has 0 aliphatic rings. The van der Waals surface area contributed by atoms with Crippen molar-refractivity contribution in [3.8, 4) is 0 Å². The molecule has 5 nitrogen and oxygen atoms in total. The van der Waals surface area contributed by atoms with Crippen LogP contribution in [0.2, 0.25) is 0 Å². The second-order valence-electron chi connectivity index (χ2n) is 1.34. The van der Waals surface area contributed by atoms with Gasteiger partial charge in [0, 0.05) is 0 Å². The molecular weight excluding hydrogens is 125 g/mol. The number of hydroxylamine groups is 1. The summed E-state index contributed by atoms with van der Waals surface area (Å²) in [5.74, 6) is -1.54. The van der Waals surface area contributed by atoms with Crippen molar-refractivity contribution in [1.29, 1.82) is 0 Å². The van der Waals surface area contributed by atoms with Crippen LogP contribution in [0, 0.1) is 0 Å². The zero-order valence-corrected chi connectivity index (χ0v) is 4.88. The van der Waals surface area contributed by atoms with E-state index in [9.17, 15) is 9.59 Å². The Bertz CT molecular complexity index is 111. The Morgan fingerprint density at radius 2 is 2.22 bits per heavy atom. The van der Waals surface area contributed by atoms with Crippen molar-refractivity contribution in [2.24, 2.45) is 0 Å². The second kappa shape index (κ2) is 3.91. The van der Waals surface area contributed by atoms with E-state index in [4.69, 9.17) is 5.11 Å². The fourth-order valence-electron chi connectivity index (χ4n) is 0.199. The first-order chi connectivity index (χ1) is 4.13. The molecule has 0 spiro atoms. The molecule has 0 aromatic heterocycles. The summed E-state index contributed by atoms with van der Waals surface area (Å²) in [5, 5.41) is 7.95. The van der Waals surface area contributed by atoms with Gasteiger partial charge in [0.1, 0.15) is 0 Å². The molecule has 50 valence electrons. The van der Waals surface area contributed by atoms with Gasteiger partial charge in [-0.15, -0.1) is 0 Å². The van der Waals surface area contributed by atoms with Gasteiger partial charge in [0.05, 0.1) is 0 Å². The minimum atomic E-state index is -1.12. The van der Waals surface area contributed by atoms with Crippen LogP contribution in [0.3, 0.4) is 0 Å². The first-order valence-electron chi connectivity index (χ1n) is 2.23. The van der Waals surface area contributed by atoms with Gasteiger partial charge in [-0.1, -0.05) is 0 Å². The quantitative estimate of drug-likeness (QED) is 0.355. The van der Waals surface area contributed by atoms with E-state index in [0.29, 0.717) is 0 Å². The lowest BCUT2D eigenvalue weighted by molar-refractivity contribution is -0.143. The minimum absolute atomic E-state index is 0.420. The van der Waals surface area contributed by atoms with Crippen LogP contribution in [0.15, 0.2) is 0 Å². The number of hydrogen-bond acceptors (Lipinski definition) is 3. The Hall–Kier alpha value is -1.04. The molecule has 2 N–H and O–H groups in total. The Labute approximate surface area is 52.4 Å². The maximum atomic E-state index is 10.00. The van der Waals surface area contributed by atoms with Crippen molar-refractivity contribution in [2.75, 3.05) is 6.61 Å². The van der Waals surface area contributed by atoms with Crippen LogP contribution < -0.4 is 5.48 Å². The van der Waals surface area contributed by atoms with Gasteiger partial charge < -0.3 is 5.11 Å². The minimum Gasteiger partial charge on any atom is -0.479 e. The Morgan fingerprint density at radius 3 is 2.56 bits per heavy atom. The first kappa shape index (κ1) is 7.96. The van der Waals surface area contributed by atoms with E-state index in [1.54, 1.807) is 0 Å². The van der Waals surface area contributed by atoms with E-state index < -0.39 is 18.4 Å². The number of carboxylic acid groups (broad SMARTS) is 1. The predicted molar refractivity (Wildman–Crippen MR) is 30.7 cm³/mol. The monoisotopic (exact) mass is 131 g/mol. The van der Waals surface area contributed by atoms with Crippen LogP contribution >= 0.6 is 0 Å². The summed E-state index contributed by atoms with van der Waals surface area (Å²) in [6, 6.07) is 0. The maximum Gasteiger partial charge on any atom is 0.332 e. The topological polar surface area (TPSA) is 75.6 Å². The SMILES string of the molecule is BC(=O)NOCC(=O)O. The zero-order chi connectivity index (χ0) is 7.28. The van der Waals surface area contributed by atoms with Crippen molar-refractivity contribution in [2.45, 2.75) is 0 Å². The van der Waals surface area contributed by atoms with Crippen molar-refractivity contribution >= 4 is 19.6 Å². The molecule has 1 amide bonds. The normalized spacial score (nSPS) is 8.44. The van der Waals surface area contributed by atoms with E-state index in [2.05, 4.69) is 4.84 Å². The van der Waals surface area contributed by atoms with Crippen LogP contribution in [0.1, 0.15) is 0 Å². The van der Waals surface area contributed by atoms with Gasteiger partial charge in [-0.3, -0.25) is 9.63 Å². The lowest BCUT2D eigenvalue weighted by atomic mass is 10.1. The number of hydrogen-bond donors (Lipinski definition) is 2. The van der Waals surface area contributed by atoms with E-state index >= 15 is 0 Å². The van der Waals surface area contributed by atoms with E-state index in [1.807, 2.05) is 5.48 Å². The van der Waals surface area contributed by atoms with Gasteiger partial charge in [-0.25, -0.2) is 10.3 Å². The zero-order valence-electron chi connectivity index (χ0n) is 4.88. The fraction of sp³-hybridized carbons (Fsp3) is 0.333. The Kier molecular flexibility index (Phi) is 3.46. The third-order valence-corrected chi connectivity index (χ3v) is 0.412. The second-order valence-corrected chi connectivity index (χ2v) is 1.34. The molecule has 0 radical (unpaired) electrons. The van der Waals surface area contributed by atoms with Gasteiger partial charge >= 0.3 is 5.97 Å². The third-order valence-electron chi connectivity index (χ3n) is 0.412. The Balaban J connectivity index is 3.10. The van der Waals surface area contributed by atoms with E-state index in [-0.39, 0.29) is 0 Å². The van der Waals surface area contributed by atoms with Crippen LogP contribution in [0.25, 0.3) is 0 Å². The van der Waals surface area contributed by atoms with Gasteiger partial charge in [0.25, 0.3) is 0 Å². The van der Waals surface area contributed by atoms with Gasteiger partial charge in [0.2, 0.25) is 7.85 Å². The molecule has 0 aliphatic heterocycles. The largest absolute Gasteiger partial charge is 0.479 e. The first-order valence-corrected chi connectivity index (χ1v) is 2.23. The van der Waals surface area contributed by atoms with Gasteiger partial charge in [-0.05, 0) is 0 Å². The molecule has 0 fully saturated rings. The average molecular weight is 131 g/mol. The van der Waals surface area contributed by atoms with Crippen LogP contribution in [0.4, 0.5) is 4.79 Å². The standard InChI is InChI=1S/C3H6BNO4/c4-3(8)5-9-1-2(6)7/h1,4H2,(H,5,8)(H,6,7). The molecule has 0 saturated heterocycles. The number of nitrogens with one attached hydrogen (secondary N) is 1. The average Bonchev–Trinajstić information content (AvgIpc) is 1.63. The van der Waals surface area contributed by atoms with Gasteiger partial charge in [-0.2, -0.15) is 0 Å². The van der Waals surface area contributed by atoms with E-state index in [0.717, 1.165) is 0 Å². The summed E-state index contributed by atoms with van der Waals surface area (Å²) < 4.78 is 0. The smallest absolute Gasteiger partial charge is 0.332 e. The number of carboxylic acids is 1. The van der Waals surface area contributed by atoms with Crippen LogP contribution in [-0.4, -0.2) is 31.3 Å². The lowest BCUT2D eigenvalue weighted by Crippen LogP contribution is -2.25. The molecule has 9 heavy (non-hydrogen) atoms. The molecule has 0 rings (SSSR count). The highest BCUT2D eigenvalue weighted by molar-refractivity contribution is 6.56. The summed E-state index contributed by atoms with van der Waals surface area (Å²) >= 11 is 0. The molecule has 0 saturated carbocycles. The molecule has 0 bridgehead atoms. The summed E-state index contributed by atoms with van der Waals surface area (Å²) in [7, 11) is 1.22. The molecular formula is C3H6BNO4. The molecule has 0 atom stereocenters. The summed E-state index contributed by atoms with van der Waals surface area (Å²) in [6.07, 6.45) is 0. The third kappa shape index (κ3) is 6.96. The van der Waals surface area contributed by atoms with Crippen molar-refractivity contribution < 1.29 is 19.5 Å². The number of carbonyl (C=O) groups is 2. The van der Waals surface area contributed by atoms with Gasteiger partial charge in [0.15, 0.2) is 12.4 Å². The molecule has 0 aromatic carbocycles. The number of amides is 1.